The molecule has 5 nitrogen and oxygen atoms in total. The van der Waals surface area contributed by atoms with E-state index in [0.29, 0.717) is 11.4 Å². The summed E-state index contributed by atoms with van der Waals surface area (Å²) in [5, 5.41) is 8.48. The zero-order chi connectivity index (χ0) is 14.3. The summed E-state index contributed by atoms with van der Waals surface area (Å²) in [5.41, 5.74) is 6.36. The molecule has 6 heteroatoms. The second-order valence-corrected chi connectivity index (χ2v) is 5.32. The van der Waals surface area contributed by atoms with Gasteiger partial charge in [0.15, 0.2) is 0 Å². The van der Waals surface area contributed by atoms with Crippen molar-refractivity contribution in [2.75, 3.05) is 13.6 Å². The molecule has 1 aliphatic heterocycles. The van der Waals surface area contributed by atoms with E-state index in [9.17, 15) is 4.79 Å². The quantitative estimate of drug-likeness (QED) is 0.792. The van der Waals surface area contributed by atoms with Gasteiger partial charge in [0.25, 0.3) is 0 Å². The summed E-state index contributed by atoms with van der Waals surface area (Å²) in [6, 6.07) is 4.08. The first-order chi connectivity index (χ1) is 9.06. The van der Waals surface area contributed by atoms with Gasteiger partial charge in [-0.1, -0.05) is 6.07 Å². The van der Waals surface area contributed by atoms with Gasteiger partial charge in [-0.05, 0) is 38.1 Å². The topological polar surface area (TPSA) is 79.5 Å². The summed E-state index contributed by atoms with van der Waals surface area (Å²) in [6.45, 7) is 1.22. The molecule has 1 aliphatic rings. The van der Waals surface area contributed by atoms with Gasteiger partial charge in [0, 0.05) is 18.4 Å². The average molecular weight is 330 g/mol. The predicted molar refractivity (Wildman–Crippen MR) is 76.4 cm³/mol. The van der Waals surface area contributed by atoms with Crippen LogP contribution in [0.15, 0.2) is 24.5 Å². The molecule has 0 bridgehead atoms. The Balaban J connectivity index is 0.000000224. The summed E-state index contributed by atoms with van der Waals surface area (Å²) in [4.78, 5) is 16.3. The third-order valence-corrected chi connectivity index (χ3v) is 3.93. The van der Waals surface area contributed by atoms with Crippen molar-refractivity contribution in [1.29, 1.82) is 0 Å². The number of nitrogens with zero attached hydrogens (tertiary/aromatic N) is 2. The van der Waals surface area contributed by atoms with Crippen LogP contribution < -0.4 is 5.73 Å². The standard InChI is InChI=1S/C10H14N2.C3H7NO2Se/c1-12-7-3-5-10(12)9-4-2-6-11-8-9;4-2(1-7)3(5)6/h2,4,6,8,10H,3,5,7H2,1H3;2,7H,1,4H2,(H,5,6). The number of carboxylic acids is 1. The van der Waals surface area contributed by atoms with E-state index in [1.54, 1.807) is 0 Å². The molecule has 1 aromatic rings. The molecule has 2 atom stereocenters. The third kappa shape index (κ3) is 5.28. The Morgan fingerprint density at radius 2 is 2.47 bits per heavy atom. The monoisotopic (exact) mass is 331 g/mol. The number of aliphatic carboxylic acids is 1. The van der Waals surface area contributed by atoms with Gasteiger partial charge in [0.1, 0.15) is 0 Å². The number of hydrogen-bond donors (Lipinski definition) is 2. The Morgan fingerprint density at radius 1 is 1.74 bits per heavy atom. The minimum atomic E-state index is -0.944. The van der Waals surface area contributed by atoms with Crippen LogP contribution in [0.2, 0.25) is 5.32 Å². The molecule has 3 N–H and O–H groups in total. The van der Waals surface area contributed by atoms with Crippen LogP contribution in [0.5, 0.6) is 0 Å². The normalized spacial score (nSPS) is 20.5. The summed E-state index contributed by atoms with van der Waals surface area (Å²) in [7, 11) is 2.19. The number of likely N-dealkylation sites (tertiary alicyclic amines) is 1. The first-order valence-corrected chi connectivity index (χ1v) is 7.58. The summed E-state index contributed by atoms with van der Waals surface area (Å²) >= 11 is 2.13. The molecule has 1 aromatic heterocycles. The third-order valence-electron chi connectivity index (χ3n) is 3.10. The van der Waals surface area contributed by atoms with Crippen molar-refractivity contribution in [3.8, 4) is 0 Å². The van der Waals surface area contributed by atoms with Crippen molar-refractivity contribution in [2.45, 2.75) is 30.2 Å². The van der Waals surface area contributed by atoms with Crippen molar-refractivity contribution in [3.05, 3.63) is 30.1 Å². The van der Waals surface area contributed by atoms with Crippen LogP contribution in [0.25, 0.3) is 0 Å². The minimum absolute atomic E-state index is 0.433. The van der Waals surface area contributed by atoms with E-state index in [-0.39, 0.29) is 0 Å². The molecule has 1 fully saturated rings. The second-order valence-electron chi connectivity index (χ2n) is 4.55. The van der Waals surface area contributed by atoms with Crippen LogP contribution in [0.1, 0.15) is 24.4 Å². The molecule has 0 spiro atoms. The van der Waals surface area contributed by atoms with Crippen LogP contribution in [0.4, 0.5) is 0 Å². The number of aromatic nitrogens is 1. The molecule has 1 saturated heterocycles. The Bertz CT molecular complexity index is 389. The number of pyridine rings is 1. The van der Waals surface area contributed by atoms with Crippen molar-refractivity contribution in [3.63, 3.8) is 0 Å². The van der Waals surface area contributed by atoms with Gasteiger partial charge in [-0.3, -0.25) is 9.88 Å². The molecule has 0 amide bonds. The SMILES string of the molecule is CN1CCCC1c1cccnc1.NC(C[SeH])C(=O)O. The van der Waals surface area contributed by atoms with Crippen molar-refractivity contribution >= 4 is 22.0 Å². The van der Waals surface area contributed by atoms with E-state index >= 15 is 0 Å². The first kappa shape index (κ1) is 16.1. The van der Waals surface area contributed by atoms with Gasteiger partial charge in [-0.25, -0.2) is 0 Å². The van der Waals surface area contributed by atoms with E-state index in [4.69, 9.17) is 10.8 Å². The van der Waals surface area contributed by atoms with Crippen LogP contribution in [-0.4, -0.2) is 56.6 Å². The average Bonchev–Trinajstić information content (AvgIpc) is 2.85. The molecule has 2 rings (SSSR count). The van der Waals surface area contributed by atoms with Gasteiger partial charge < -0.3 is 0 Å². The van der Waals surface area contributed by atoms with E-state index < -0.39 is 12.0 Å². The maximum atomic E-state index is 9.80. The van der Waals surface area contributed by atoms with E-state index in [1.165, 1.54) is 24.9 Å². The molecule has 2 heterocycles. The Kier molecular flexibility index (Phi) is 7.02. The first-order valence-electron chi connectivity index (χ1n) is 6.25. The predicted octanol–water partition coefficient (Wildman–Crippen LogP) is 0.566. The summed E-state index contributed by atoms with van der Waals surface area (Å²) in [6.07, 6.45) is 6.41. The van der Waals surface area contributed by atoms with Gasteiger partial charge >= 0.3 is 49.0 Å². The van der Waals surface area contributed by atoms with Crippen LogP contribution in [0.3, 0.4) is 0 Å². The van der Waals surface area contributed by atoms with Crippen molar-refractivity contribution < 1.29 is 9.90 Å². The van der Waals surface area contributed by atoms with Crippen LogP contribution >= 0.6 is 0 Å². The van der Waals surface area contributed by atoms with Gasteiger partial charge in [-0.2, -0.15) is 0 Å². The van der Waals surface area contributed by atoms with Crippen LogP contribution in [-0.2, 0) is 4.79 Å². The van der Waals surface area contributed by atoms with E-state index in [0.717, 1.165) is 0 Å². The van der Waals surface area contributed by atoms with Crippen LogP contribution in [0, 0.1) is 0 Å². The van der Waals surface area contributed by atoms with Gasteiger partial charge in [-0.15, -0.1) is 0 Å². The van der Waals surface area contributed by atoms with Crippen molar-refractivity contribution in [1.82, 2.24) is 9.88 Å². The zero-order valence-corrected chi connectivity index (χ0v) is 12.9. The molecular weight excluding hydrogens is 309 g/mol. The van der Waals surface area contributed by atoms with Gasteiger partial charge in [0.2, 0.25) is 0 Å². The number of carboxylic acid groups (broad SMARTS) is 1. The Labute approximate surface area is 122 Å². The fourth-order valence-electron chi connectivity index (χ4n) is 1.98. The zero-order valence-electron chi connectivity index (χ0n) is 11.1. The Morgan fingerprint density at radius 3 is 2.84 bits per heavy atom. The van der Waals surface area contributed by atoms with Crippen molar-refractivity contribution in [2.24, 2.45) is 5.73 Å². The fourth-order valence-corrected chi connectivity index (χ4v) is 2.31. The number of rotatable bonds is 3. The van der Waals surface area contributed by atoms with Gasteiger partial charge in [0.05, 0.1) is 0 Å². The number of carbonyl (C=O) groups is 1. The molecule has 0 radical (unpaired) electrons. The molecule has 0 saturated carbocycles. The second kappa shape index (κ2) is 8.27. The summed E-state index contributed by atoms with van der Waals surface area (Å²) < 4.78 is 0. The molecule has 0 aromatic carbocycles. The fraction of sp³-hybridized carbons (Fsp3) is 0.538. The van der Waals surface area contributed by atoms with E-state index in [2.05, 4.69) is 39.0 Å². The Hall–Kier alpha value is -0.941. The molecular formula is C13H21N3O2Se. The molecule has 2 unspecified atom stereocenters. The molecule has 0 aliphatic carbocycles. The maximum absolute atomic E-state index is 9.80. The summed E-state index contributed by atoms with van der Waals surface area (Å²) in [5.74, 6) is -0.944. The molecule has 106 valence electrons. The number of nitrogens with two attached hydrogens (primary N) is 1. The van der Waals surface area contributed by atoms with E-state index in [1.807, 2.05) is 18.5 Å². The molecule has 19 heavy (non-hydrogen) atoms. The number of hydrogen-bond acceptors (Lipinski definition) is 4.